The van der Waals surface area contributed by atoms with Gasteiger partial charge in [-0.05, 0) is 37.0 Å². The predicted molar refractivity (Wildman–Crippen MR) is 102 cm³/mol. The van der Waals surface area contributed by atoms with Crippen LogP contribution in [0.25, 0.3) is 11.1 Å². The molecule has 3 aromatic rings. The minimum absolute atomic E-state index is 0.237. The van der Waals surface area contributed by atoms with E-state index in [1.54, 1.807) is 11.8 Å². The van der Waals surface area contributed by atoms with Gasteiger partial charge in [0.1, 0.15) is 6.04 Å². The van der Waals surface area contributed by atoms with Crippen molar-refractivity contribution >= 4 is 22.9 Å². The quantitative estimate of drug-likeness (QED) is 0.756. The summed E-state index contributed by atoms with van der Waals surface area (Å²) in [5.41, 5.74) is 10.1. The van der Waals surface area contributed by atoms with Gasteiger partial charge in [0.05, 0.1) is 16.6 Å². The maximum atomic E-state index is 13.6. The van der Waals surface area contributed by atoms with E-state index in [1.165, 1.54) is 0 Å². The Kier molecular flexibility index (Phi) is 3.72. The Morgan fingerprint density at radius 3 is 2.68 bits per heavy atom. The summed E-state index contributed by atoms with van der Waals surface area (Å²) in [5.74, 6) is -0.383. The summed E-state index contributed by atoms with van der Waals surface area (Å²) >= 11 is 0. The molecule has 7 nitrogen and oxygen atoms in total. The number of hydrogen-bond acceptors (Lipinski definition) is 5. The molecule has 1 aliphatic carbocycles. The monoisotopic (exact) mass is 376 g/mol. The summed E-state index contributed by atoms with van der Waals surface area (Å²) in [6.45, 7) is 2.13. The minimum atomic E-state index is -0.685. The zero-order valence-corrected chi connectivity index (χ0v) is 15.5. The average molecular weight is 376 g/mol. The van der Waals surface area contributed by atoms with Crippen LogP contribution in [0.4, 0.5) is 0 Å². The number of nitrogens with two attached hydrogens (primary N) is 1. The fourth-order valence-electron chi connectivity index (χ4n) is 4.02. The lowest BCUT2D eigenvalue weighted by Gasteiger charge is -2.35. The number of carbonyl (C=O) groups is 2. The summed E-state index contributed by atoms with van der Waals surface area (Å²) in [6, 6.07) is 8.98. The number of aromatic nitrogens is 2. The number of amides is 2. The van der Waals surface area contributed by atoms with Gasteiger partial charge in [-0.2, -0.15) is 0 Å². The Labute approximate surface area is 161 Å². The van der Waals surface area contributed by atoms with Crippen LogP contribution in [0.2, 0.25) is 0 Å². The average Bonchev–Trinajstić information content (AvgIpc) is 3.49. The summed E-state index contributed by atoms with van der Waals surface area (Å²) in [4.78, 5) is 31.9. The van der Waals surface area contributed by atoms with Crippen LogP contribution in [-0.4, -0.2) is 32.9 Å². The molecule has 142 valence electrons. The summed E-state index contributed by atoms with van der Waals surface area (Å²) in [5, 5.41) is 4.60. The molecule has 2 N–H and O–H groups in total. The van der Waals surface area contributed by atoms with Crippen LogP contribution in [0.3, 0.4) is 0 Å². The number of carbonyl (C=O) groups excluding carboxylic acids is 2. The van der Waals surface area contributed by atoms with E-state index in [-0.39, 0.29) is 5.91 Å². The molecule has 1 fully saturated rings. The van der Waals surface area contributed by atoms with E-state index in [4.69, 9.17) is 10.3 Å². The van der Waals surface area contributed by atoms with Gasteiger partial charge in [-0.25, -0.2) is 4.98 Å². The molecule has 1 aliphatic heterocycles. The standard InChI is InChI=1S/C21H20N4O3/c1-11-18-15(9-16(12-6-7-12)23-20(18)28-24-11)21(27)25-10-14-5-3-2-4-13(14)8-17(25)19(22)26/h2-5,9,12,17H,6-8,10H2,1H3,(H2,22,26). The first kappa shape index (κ1) is 16.9. The van der Waals surface area contributed by atoms with Crippen molar-refractivity contribution in [2.75, 3.05) is 0 Å². The van der Waals surface area contributed by atoms with Crippen molar-refractivity contribution in [3.05, 3.63) is 58.4 Å². The van der Waals surface area contributed by atoms with E-state index < -0.39 is 11.9 Å². The van der Waals surface area contributed by atoms with Crippen LogP contribution in [0.1, 0.15) is 51.6 Å². The van der Waals surface area contributed by atoms with E-state index in [2.05, 4.69) is 10.1 Å². The zero-order valence-electron chi connectivity index (χ0n) is 15.5. The van der Waals surface area contributed by atoms with Crippen molar-refractivity contribution in [1.82, 2.24) is 15.0 Å². The fraction of sp³-hybridized carbons (Fsp3) is 0.333. The number of nitrogens with zero attached hydrogens (tertiary/aromatic N) is 3. The number of benzene rings is 1. The number of fused-ring (bicyclic) bond motifs is 2. The third-order valence-corrected chi connectivity index (χ3v) is 5.70. The third-order valence-electron chi connectivity index (χ3n) is 5.70. The van der Waals surface area contributed by atoms with E-state index in [9.17, 15) is 9.59 Å². The molecule has 1 atom stereocenters. The van der Waals surface area contributed by atoms with Crippen LogP contribution in [-0.2, 0) is 17.8 Å². The van der Waals surface area contributed by atoms with Gasteiger partial charge in [-0.1, -0.05) is 29.4 Å². The van der Waals surface area contributed by atoms with Crippen molar-refractivity contribution in [2.24, 2.45) is 5.73 Å². The first-order valence-corrected chi connectivity index (χ1v) is 9.47. The molecule has 28 heavy (non-hydrogen) atoms. The molecule has 0 bridgehead atoms. The minimum Gasteiger partial charge on any atom is -0.368 e. The van der Waals surface area contributed by atoms with E-state index in [0.29, 0.717) is 41.2 Å². The van der Waals surface area contributed by atoms with Gasteiger partial charge >= 0.3 is 0 Å². The molecule has 1 aromatic carbocycles. The molecule has 2 aliphatic rings. The highest BCUT2D eigenvalue weighted by Crippen LogP contribution is 2.41. The lowest BCUT2D eigenvalue weighted by Crippen LogP contribution is -2.51. The first-order valence-electron chi connectivity index (χ1n) is 9.47. The highest BCUT2D eigenvalue weighted by molar-refractivity contribution is 6.07. The van der Waals surface area contributed by atoms with Gasteiger partial charge in [0.25, 0.3) is 11.6 Å². The van der Waals surface area contributed by atoms with Crippen molar-refractivity contribution in [3.63, 3.8) is 0 Å². The van der Waals surface area contributed by atoms with Gasteiger partial charge in [0.2, 0.25) is 5.91 Å². The first-order chi connectivity index (χ1) is 13.5. The summed E-state index contributed by atoms with van der Waals surface area (Å²) < 4.78 is 5.35. The molecule has 2 aromatic heterocycles. The molecule has 0 spiro atoms. The molecule has 7 heteroatoms. The topological polar surface area (TPSA) is 102 Å². The second-order valence-corrected chi connectivity index (χ2v) is 7.64. The van der Waals surface area contributed by atoms with Crippen molar-refractivity contribution in [3.8, 4) is 0 Å². The molecule has 3 heterocycles. The maximum absolute atomic E-state index is 13.6. The number of rotatable bonds is 3. The van der Waals surface area contributed by atoms with E-state index in [1.807, 2.05) is 30.3 Å². The van der Waals surface area contributed by atoms with Gasteiger partial charge in [-0.15, -0.1) is 0 Å². The maximum Gasteiger partial charge on any atom is 0.259 e. The second kappa shape index (κ2) is 6.15. The van der Waals surface area contributed by atoms with E-state index >= 15 is 0 Å². The Morgan fingerprint density at radius 2 is 1.96 bits per heavy atom. The highest BCUT2D eigenvalue weighted by atomic mass is 16.5. The third kappa shape index (κ3) is 2.66. The highest BCUT2D eigenvalue weighted by Gasteiger charge is 2.36. The molecular weight excluding hydrogens is 356 g/mol. The number of pyridine rings is 1. The number of hydrogen-bond donors (Lipinski definition) is 1. The van der Waals surface area contributed by atoms with Crippen molar-refractivity contribution in [2.45, 2.75) is 44.7 Å². The zero-order chi connectivity index (χ0) is 19.4. The van der Waals surface area contributed by atoms with Crippen LogP contribution >= 0.6 is 0 Å². The smallest absolute Gasteiger partial charge is 0.259 e. The fourth-order valence-corrected chi connectivity index (χ4v) is 4.02. The summed E-state index contributed by atoms with van der Waals surface area (Å²) in [6.07, 6.45) is 2.53. The molecule has 1 unspecified atom stereocenters. The largest absolute Gasteiger partial charge is 0.368 e. The lowest BCUT2D eigenvalue weighted by molar-refractivity contribution is -0.122. The molecule has 5 rings (SSSR count). The van der Waals surface area contributed by atoms with Crippen molar-refractivity contribution < 1.29 is 14.1 Å². The second-order valence-electron chi connectivity index (χ2n) is 7.64. The van der Waals surface area contributed by atoms with Gasteiger partial charge in [0, 0.05) is 24.6 Å². The molecular formula is C21H20N4O3. The normalized spacial score (nSPS) is 18.9. The Balaban J connectivity index is 1.62. The van der Waals surface area contributed by atoms with Crippen LogP contribution in [0.15, 0.2) is 34.9 Å². The predicted octanol–water partition coefficient (Wildman–Crippen LogP) is 2.46. The molecule has 0 saturated heterocycles. The Bertz CT molecular complexity index is 1120. The van der Waals surface area contributed by atoms with Gasteiger partial charge in [0.15, 0.2) is 0 Å². The Hall–Kier alpha value is -3.22. The van der Waals surface area contributed by atoms with Gasteiger partial charge < -0.3 is 15.2 Å². The van der Waals surface area contributed by atoms with Crippen LogP contribution < -0.4 is 5.73 Å². The molecule has 2 amide bonds. The number of aryl methyl sites for hydroxylation is 1. The molecule has 1 saturated carbocycles. The SMILES string of the molecule is Cc1noc2nc(C3CC3)cc(C(=O)N3Cc4ccccc4CC3C(N)=O)c12. The Morgan fingerprint density at radius 1 is 1.21 bits per heavy atom. The summed E-state index contributed by atoms with van der Waals surface area (Å²) in [7, 11) is 0. The molecule has 0 radical (unpaired) electrons. The number of primary amides is 1. The van der Waals surface area contributed by atoms with Crippen LogP contribution in [0.5, 0.6) is 0 Å². The van der Waals surface area contributed by atoms with Crippen LogP contribution in [0, 0.1) is 6.92 Å². The lowest BCUT2D eigenvalue weighted by atomic mass is 9.92. The van der Waals surface area contributed by atoms with Crippen molar-refractivity contribution in [1.29, 1.82) is 0 Å². The van der Waals surface area contributed by atoms with Gasteiger partial charge in [-0.3, -0.25) is 9.59 Å². The van der Waals surface area contributed by atoms with E-state index in [0.717, 1.165) is 29.7 Å².